The van der Waals surface area contributed by atoms with Gasteiger partial charge in [-0.1, -0.05) is 11.6 Å². The van der Waals surface area contributed by atoms with Gasteiger partial charge < -0.3 is 19.5 Å². The summed E-state index contributed by atoms with van der Waals surface area (Å²) in [7, 11) is 1.64. The molecule has 6 heteroatoms. The SMILES string of the molecule is COc1ccc2c(c1)C(=C1CCN(CC(C)(C)C(=O)O)CC1)c1ccc(F)cc1CO2. The molecule has 0 atom stereocenters. The first-order valence-corrected chi connectivity index (χ1v) is 10.6. The van der Waals surface area contributed by atoms with Crippen LogP contribution in [-0.4, -0.2) is 42.7 Å². The number of benzene rings is 2. The lowest BCUT2D eigenvalue weighted by atomic mass is 9.85. The van der Waals surface area contributed by atoms with Gasteiger partial charge in [0.1, 0.15) is 23.9 Å². The van der Waals surface area contributed by atoms with Gasteiger partial charge in [0.25, 0.3) is 0 Å². The van der Waals surface area contributed by atoms with Crippen molar-refractivity contribution in [3.05, 3.63) is 64.5 Å². The number of hydrogen-bond acceptors (Lipinski definition) is 4. The number of ether oxygens (including phenoxy) is 2. The van der Waals surface area contributed by atoms with Crippen LogP contribution >= 0.6 is 0 Å². The van der Waals surface area contributed by atoms with E-state index in [4.69, 9.17) is 9.47 Å². The van der Waals surface area contributed by atoms with Crippen LogP contribution in [-0.2, 0) is 11.4 Å². The molecule has 0 radical (unpaired) electrons. The predicted molar refractivity (Wildman–Crippen MR) is 117 cm³/mol. The molecule has 1 N–H and O–H groups in total. The molecular weight excluding hydrogens is 397 g/mol. The second-order valence-corrected chi connectivity index (χ2v) is 8.90. The first-order chi connectivity index (χ1) is 14.8. The number of carboxylic acid groups (broad SMARTS) is 1. The number of rotatable bonds is 4. The Bertz CT molecular complexity index is 1030. The van der Waals surface area contributed by atoms with Gasteiger partial charge in [0.05, 0.1) is 12.5 Å². The molecule has 4 rings (SSSR count). The van der Waals surface area contributed by atoms with Gasteiger partial charge in [-0.3, -0.25) is 4.79 Å². The van der Waals surface area contributed by atoms with Crippen molar-refractivity contribution in [2.75, 3.05) is 26.7 Å². The Balaban J connectivity index is 1.73. The Morgan fingerprint density at radius 1 is 1.16 bits per heavy atom. The number of carbonyl (C=O) groups is 1. The summed E-state index contributed by atoms with van der Waals surface area (Å²) < 4.78 is 25.5. The molecule has 1 fully saturated rings. The van der Waals surface area contributed by atoms with Gasteiger partial charge in [-0.05, 0) is 68.2 Å². The molecule has 5 nitrogen and oxygen atoms in total. The first-order valence-electron chi connectivity index (χ1n) is 10.6. The van der Waals surface area contributed by atoms with Gasteiger partial charge in [-0.2, -0.15) is 0 Å². The first kappa shape index (κ1) is 21.4. The number of nitrogens with zero attached hydrogens (tertiary/aromatic N) is 1. The second-order valence-electron chi connectivity index (χ2n) is 8.90. The normalized spacial score (nSPS) is 16.8. The minimum absolute atomic E-state index is 0.277. The van der Waals surface area contributed by atoms with Crippen LogP contribution in [0.2, 0.25) is 0 Å². The van der Waals surface area contributed by atoms with Crippen molar-refractivity contribution in [3.8, 4) is 11.5 Å². The fourth-order valence-electron chi connectivity index (χ4n) is 4.42. The summed E-state index contributed by atoms with van der Waals surface area (Å²) in [6.07, 6.45) is 1.64. The van der Waals surface area contributed by atoms with E-state index < -0.39 is 11.4 Å². The Hall–Kier alpha value is -2.86. The van der Waals surface area contributed by atoms with Crippen LogP contribution in [0, 0.1) is 11.2 Å². The summed E-state index contributed by atoms with van der Waals surface area (Å²) in [5.41, 5.74) is 4.34. The number of halogens is 1. The van der Waals surface area contributed by atoms with Crippen molar-refractivity contribution < 1.29 is 23.8 Å². The largest absolute Gasteiger partial charge is 0.497 e. The summed E-state index contributed by atoms with van der Waals surface area (Å²) in [6, 6.07) is 10.6. The van der Waals surface area contributed by atoms with Gasteiger partial charge in [0.15, 0.2) is 0 Å². The molecule has 1 saturated heterocycles. The van der Waals surface area contributed by atoms with Crippen molar-refractivity contribution >= 4 is 11.5 Å². The lowest BCUT2D eigenvalue weighted by molar-refractivity contribution is -0.148. The number of aliphatic carboxylic acids is 1. The van der Waals surface area contributed by atoms with Crippen LogP contribution < -0.4 is 9.47 Å². The number of methoxy groups -OCH3 is 1. The van der Waals surface area contributed by atoms with E-state index in [-0.39, 0.29) is 5.82 Å². The molecule has 0 bridgehead atoms. The third kappa shape index (κ3) is 4.30. The van der Waals surface area contributed by atoms with E-state index in [1.165, 1.54) is 11.6 Å². The zero-order chi connectivity index (χ0) is 22.2. The van der Waals surface area contributed by atoms with Crippen molar-refractivity contribution in [1.29, 1.82) is 0 Å². The topological polar surface area (TPSA) is 59.0 Å². The maximum Gasteiger partial charge on any atom is 0.310 e. The molecule has 31 heavy (non-hydrogen) atoms. The highest BCUT2D eigenvalue weighted by Crippen LogP contribution is 2.42. The maximum absolute atomic E-state index is 14.0. The van der Waals surface area contributed by atoms with Crippen molar-refractivity contribution in [3.63, 3.8) is 0 Å². The Morgan fingerprint density at radius 2 is 1.90 bits per heavy atom. The summed E-state index contributed by atoms with van der Waals surface area (Å²) >= 11 is 0. The van der Waals surface area contributed by atoms with Crippen molar-refractivity contribution in [2.24, 2.45) is 5.41 Å². The van der Waals surface area contributed by atoms with E-state index in [0.717, 1.165) is 59.7 Å². The molecule has 0 aliphatic carbocycles. The second kappa shape index (κ2) is 8.35. The van der Waals surface area contributed by atoms with Gasteiger partial charge in [-0.25, -0.2) is 4.39 Å². The predicted octanol–water partition coefficient (Wildman–Crippen LogP) is 4.74. The zero-order valence-electron chi connectivity index (χ0n) is 18.2. The fourth-order valence-corrected chi connectivity index (χ4v) is 4.42. The quantitative estimate of drug-likeness (QED) is 0.767. The molecule has 2 aliphatic heterocycles. The monoisotopic (exact) mass is 425 g/mol. The molecule has 0 unspecified atom stereocenters. The van der Waals surface area contributed by atoms with Crippen LogP contribution in [0.5, 0.6) is 11.5 Å². The highest BCUT2D eigenvalue weighted by molar-refractivity contribution is 5.87. The van der Waals surface area contributed by atoms with Gasteiger partial charge in [0.2, 0.25) is 0 Å². The molecule has 0 aromatic heterocycles. The summed E-state index contributed by atoms with van der Waals surface area (Å²) in [5.74, 6) is 0.441. The Morgan fingerprint density at radius 3 is 2.58 bits per heavy atom. The van der Waals surface area contributed by atoms with E-state index in [1.54, 1.807) is 27.0 Å². The lowest BCUT2D eigenvalue weighted by Crippen LogP contribution is -2.42. The Kier molecular flexibility index (Phi) is 5.75. The standard InChI is InChI=1S/C25H28FNO4/c1-25(2,24(28)29)15-27-10-8-16(9-11-27)23-20-6-4-18(26)12-17(20)14-31-22-7-5-19(30-3)13-21(22)23/h4-7,12-13H,8-11,14-15H2,1-3H3,(H,28,29). The van der Waals surface area contributed by atoms with E-state index in [1.807, 2.05) is 24.3 Å². The molecule has 164 valence electrons. The summed E-state index contributed by atoms with van der Waals surface area (Å²) in [5, 5.41) is 9.46. The van der Waals surface area contributed by atoms with Crippen LogP contribution in [0.25, 0.3) is 5.57 Å². The average Bonchev–Trinajstić information content (AvgIpc) is 2.90. The molecule has 0 amide bonds. The number of fused-ring (bicyclic) bond motifs is 2. The number of piperidine rings is 1. The van der Waals surface area contributed by atoms with Crippen LogP contribution in [0.1, 0.15) is 43.4 Å². The minimum Gasteiger partial charge on any atom is -0.497 e. The molecular formula is C25H28FNO4. The number of carboxylic acids is 1. The van der Waals surface area contributed by atoms with E-state index in [0.29, 0.717) is 13.2 Å². The van der Waals surface area contributed by atoms with E-state index in [9.17, 15) is 14.3 Å². The Labute approximate surface area is 182 Å². The highest BCUT2D eigenvalue weighted by Gasteiger charge is 2.32. The zero-order valence-corrected chi connectivity index (χ0v) is 18.2. The minimum atomic E-state index is -0.787. The third-order valence-corrected chi connectivity index (χ3v) is 6.19. The molecule has 2 aromatic carbocycles. The van der Waals surface area contributed by atoms with E-state index in [2.05, 4.69) is 4.90 Å². The fraction of sp³-hybridized carbons (Fsp3) is 0.400. The van der Waals surface area contributed by atoms with Crippen molar-refractivity contribution in [2.45, 2.75) is 33.3 Å². The van der Waals surface area contributed by atoms with Crippen LogP contribution in [0.4, 0.5) is 4.39 Å². The molecule has 2 aromatic rings. The van der Waals surface area contributed by atoms with Gasteiger partial charge in [0, 0.05) is 30.8 Å². The van der Waals surface area contributed by atoms with Crippen LogP contribution in [0.15, 0.2) is 42.0 Å². The molecule has 2 heterocycles. The molecule has 0 saturated carbocycles. The molecule has 2 aliphatic rings. The third-order valence-electron chi connectivity index (χ3n) is 6.19. The van der Waals surface area contributed by atoms with Crippen molar-refractivity contribution in [1.82, 2.24) is 4.90 Å². The van der Waals surface area contributed by atoms with Gasteiger partial charge >= 0.3 is 5.97 Å². The molecule has 0 spiro atoms. The number of likely N-dealkylation sites (tertiary alicyclic amines) is 1. The lowest BCUT2D eigenvalue weighted by Gasteiger charge is -2.34. The maximum atomic E-state index is 14.0. The van der Waals surface area contributed by atoms with Gasteiger partial charge in [-0.15, -0.1) is 0 Å². The number of hydrogen-bond donors (Lipinski definition) is 1. The van der Waals surface area contributed by atoms with E-state index >= 15 is 0 Å². The average molecular weight is 426 g/mol. The highest BCUT2D eigenvalue weighted by atomic mass is 19.1. The smallest absolute Gasteiger partial charge is 0.310 e. The summed E-state index contributed by atoms with van der Waals surface area (Å²) in [4.78, 5) is 13.7. The van der Waals surface area contributed by atoms with Crippen LogP contribution in [0.3, 0.4) is 0 Å². The summed E-state index contributed by atoms with van der Waals surface area (Å²) in [6.45, 7) is 5.92.